The number of hydrogen-bond donors (Lipinski definition) is 2. The number of hydrogen-bond acceptors (Lipinski definition) is 5. The minimum Gasteiger partial charge on any atom is -0.313 e. The van der Waals surface area contributed by atoms with Crippen molar-refractivity contribution < 1.29 is 4.79 Å². The molecule has 0 radical (unpaired) electrons. The molecule has 20 heavy (non-hydrogen) atoms. The number of rotatable bonds is 6. The first-order chi connectivity index (χ1) is 9.22. The van der Waals surface area contributed by atoms with Crippen LogP contribution in [-0.4, -0.2) is 28.7 Å². The number of carbonyl (C=O) groups excluding carboxylic acids is 1. The van der Waals surface area contributed by atoms with Crippen molar-refractivity contribution in [1.29, 1.82) is 0 Å². The Balaban J connectivity index is 0.00000200. The fourth-order valence-electron chi connectivity index (χ4n) is 2.41. The van der Waals surface area contributed by atoms with Crippen molar-refractivity contribution >= 4 is 34.8 Å². The SMILES string of the molecule is CCC(CC)c1nnc(NC(=O)CC2CCCN2)s1.Cl. The van der Waals surface area contributed by atoms with E-state index < -0.39 is 0 Å². The molecule has 1 atom stereocenters. The molecule has 2 N–H and O–H groups in total. The lowest BCUT2D eigenvalue weighted by Gasteiger charge is -2.08. The predicted molar refractivity (Wildman–Crippen MR) is 84.8 cm³/mol. The molecule has 0 aliphatic carbocycles. The molecular formula is C13H23ClN4OS. The summed E-state index contributed by atoms with van der Waals surface area (Å²) in [5, 5.41) is 16.1. The molecule has 1 aromatic heterocycles. The Hall–Kier alpha value is -0.720. The number of carbonyl (C=O) groups is 1. The van der Waals surface area contributed by atoms with E-state index >= 15 is 0 Å². The van der Waals surface area contributed by atoms with E-state index in [2.05, 4.69) is 34.7 Å². The van der Waals surface area contributed by atoms with Crippen molar-refractivity contribution in [3.8, 4) is 0 Å². The van der Waals surface area contributed by atoms with Crippen LogP contribution in [0.4, 0.5) is 5.13 Å². The number of aromatic nitrogens is 2. The van der Waals surface area contributed by atoms with Crippen molar-refractivity contribution in [2.24, 2.45) is 0 Å². The quantitative estimate of drug-likeness (QED) is 0.846. The van der Waals surface area contributed by atoms with Gasteiger partial charge in [-0.25, -0.2) is 0 Å². The van der Waals surface area contributed by atoms with Crippen LogP contribution in [0, 0.1) is 0 Å². The number of halogens is 1. The van der Waals surface area contributed by atoms with Crippen molar-refractivity contribution in [1.82, 2.24) is 15.5 Å². The lowest BCUT2D eigenvalue weighted by molar-refractivity contribution is -0.116. The van der Waals surface area contributed by atoms with Gasteiger partial charge in [-0.15, -0.1) is 22.6 Å². The summed E-state index contributed by atoms with van der Waals surface area (Å²) >= 11 is 1.50. The van der Waals surface area contributed by atoms with Gasteiger partial charge >= 0.3 is 0 Å². The van der Waals surface area contributed by atoms with Crippen LogP contribution >= 0.6 is 23.7 Å². The van der Waals surface area contributed by atoms with Crippen LogP contribution in [0.2, 0.25) is 0 Å². The Labute approximate surface area is 130 Å². The monoisotopic (exact) mass is 318 g/mol. The summed E-state index contributed by atoms with van der Waals surface area (Å²) < 4.78 is 0. The maximum absolute atomic E-state index is 11.9. The maximum Gasteiger partial charge on any atom is 0.227 e. The largest absolute Gasteiger partial charge is 0.313 e. The second kappa shape index (κ2) is 8.54. The van der Waals surface area contributed by atoms with Crippen LogP contribution < -0.4 is 10.6 Å². The molecule has 114 valence electrons. The van der Waals surface area contributed by atoms with Gasteiger partial charge in [0, 0.05) is 18.4 Å². The van der Waals surface area contributed by atoms with Gasteiger partial charge in [-0.1, -0.05) is 25.2 Å². The van der Waals surface area contributed by atoms with Crippen molar-refractivity contribution in [3.63, 3.8) is 0 Å². The minimum absolute atomic E-state index is 0. The second-order valence-corrected chi connectivity index (χ2v) is 6.01. The molecular weight excluding hydrogens is 296 g/mol. The van der Waals surface area contributed by atoms with Gasteiger partial charge in [0.1, 0.15) is 5.01 Å². The number of amides is 1. The topological polar surface area (TPSA) is 66.9 Å². The highest BCUT2D eigenvalue weighted by atomic mass is 35.5. The molecule has 1 fully saturated rings. The van der Waals surface area contributed by atoms with E-state index in [4.69, 9.17) is 0 Å². The normalized spacial score (nSPS) is 18.1. The smallest absolute Gasteiger partial charge is 0.227 e. The maximum atomic E-state index is 11.9. The Morgan fingerprint density at radius 1 is 1.45 bits per heavy atom. The molecule has 1 aliphatic rings. The molecule has 1 aromatic rings. The summed E-state index contributed by atoms with van der Waals surface area (Å²) in [6.07, 6.45) is 4.90. The van der Waals surface area contributed by atoms with Crippen molar-refractivity contribution in [2.45, 2.75) is 57.9 Å². The first kappa shape index (κ1) is 17.3. The first-order valence-electron chi connectivity index (χ1n) is 7.09. The molecule has 0 spiro atoms. The third-order valence-electron chi connectivity index (χ3n) is 3.62. The molecule has 0 saturated carbocycles. The zero-order valence-corrected chi connectivity index (χ0v) is 13.6. The van der Waals surface area contributed by atoms with Crippen LogP contribution in [0.15, 0.2) is 0 Å². The van der Waals surface area contributed by atoms with Crippen molar-refractivity contribution in [3.05, 3.63) is 5.01 Å². The molecule has 2 heterocycles. The molecule has 2 rings (SSSR count). The van der Waals surface area contributed by atoms with Gasteiger partial charge in [-0.3, -0.25) is 4.79 Å². The molecule has 1 aliphatic heterocycles. The van der Waals surface area contributed by atoms with Crippen LogP contribution in [0.3, 0.4) is 0 Å². The third-order valence-corrected chi connectivity index (χ3v) is 4.62. The first-order valence-corrected chi connectivity index (χ1v) is 7.91. The lowest BCUT2D eigenvalue weighted by Crippen LogP contribution is -2.27. The standard InChI is InChI=1S/C13H22N4OS.ClH/c1-3-9(4-2)12-16-17-13(19-12)15-11(18)8-10-6-5-7-14-10;/h9-10,14H,3-8H2,1-2H3,(H,15,17,18);1H. The Morgan fingerprint density at radius 3 is 2.80 bits per heavy atom. The number of nitrogens with one attached hydrogen (secondary N) is 2. The van der Waals surface area contributed by atoms with E-state index in [-0.39, 0.29) is 18.3 Å². The van der Waals surface area contributed by atoms with E-state index in [1.54, 1.807) is 0 Å². The zero-order chi connectivity index (χ0) is 13.7. The highest BCUT2D eigenvalue weighted by Gasteiger charge is 2.19. The van der Waals surface area contributed by atoms with Gasteiger partial charge in [-0.2, -0.15) is 0 Å². The average Bonchev–Trinajstić information content (AvgIpc) is 3.03. The summed E-state index contributed by atoms with van der Waals surface area (Å²) in [4.78, 5) is 11.9. The van der Waals surface area contributed by atoms with E-state index in [9.17, 15) is 4.79 Å². The highest BCUT2D eigenvalue weighted by molar-refractivity contribution is 7.15. The fourth-order valence-corrected chi connectivity index (χ4v) is 3.44. The van der Waals surface area contributed by atoms with Gasteiger partial charge in [-0.05, 0) is 32.2 Å². The Morgan fingerprint density at radius 2 is 2.20 bits per heavy atom. The Bertz CT molecular complexity index is 416. The molecule has 7 heteroatoms. The van der Waals surface area contributed by atoms with Gasteiger partial charge in [0.15, 0.2) is 0 Å². The van der Waals surface area contributed by atoms with Crippen LogP contribution in [0.25, 0.3) is 0 Å². The zero-order valence-electron chi connectivity index (χ0n) is 12.0. The van der Waals surface area contributed by atoms with Crippen LogP contribution in [0.5, 0.6) is 0 Å². The molecule has 0 bridgehead atoms. The van der Waals surface area contributed by atoms with Crippen LogP contribution in [-0.2, 0) is 4.79 Å². The Kier molecular flexibility index (Phi) is 7.40. The van der Waals surface area contributed by atoms with Gasteiger partial charge in [0.2, 0.25) is 11.0 Å². The molecule has 1 unspecified atom stereocenters. The van der Waals surface area contributed by atoms with Gasteiger partial charge in [0.05, 0.1) is 0 Å². The third kappa shape index (κ3) is 4.68. The summed E-state index contributed by atoms with van der Waals surface area (Å²) in [6, 6.07) is 0.325. The number of nitrogens with zero attached hydrogens (tertiary/aromatic N) is 2. The summed E-state index contributed by atoms with van der Waals surface area (Å²) in [7, 11) is 0. The summed E-state index contributed by atoms with van der Waals surface area (Å²) in [6.45, 7) is 5.33. The van der Waals surface area contributed by atoms with Gasteiger partial charge < -0.3 is 10.6 Å². The molecule has 0 aromatic carbocycles. The van der Waals surface area contributed by atoms with Crippen LogP contribution in [0.1, 0.15) is 56.9 Å². The highest BCUT2D eigenvalue weighted by Crippen LogP contribution is 2.28. The molecule has 1 saturated heterocycles. The fraction of sp³-hybridized carbons (Fsp3) is 0.769. The van der Waals surface area contributed by atoms with E-state index in [1.807, 2.05) is 0 Å². The van der Waals surface area contributed by atoms with E-state index in [0.717, 1.165) is 37.2 Å². The second-order valence-electron chi connectivity index (χ2n) is 5.00. The lowest BCUT2D eigenvalue weighted by atomic mass is 10.1. The minimum atomic E-state index is 0. The van der Waals surface area contributed by atoms with Crippen molar-refractivity contribution in [2.75, 3.05) is 11.9 Å². The van der Waals surface area contributed by atoms with E-state index in [0.29, 0.717) is 23.5 Å². The molecule has 5 nitrogen and oxygen atoms in total. The predicted octanol–water partition coefficient (Wildman–Crippen LogP) is 2.94. The summed E-state index contributed by atoms with van der Waals surface area (Å²) in [5.74, 6) is 0.492. The van der Waals surface area contributed by atoms with Gasteiger partial charge in [0.25, 0.3) is 0 Å². The summed E-state index contributed by atoms with van der Waals surface area (Å²) in [5.41, 5.74) is 0. The number of anilines is 1. The molecule has 1 amide bonds. The average molecular weight is 319 g/mol. The van der Waals surface area contributed by atoms with E-state index in [1.165, 1.54) is 11.3 Å².